The van der Waals surface area contributed by atoms with Gasteiger partial charge in [-0.15, -0.1) is 6.58 Å². The summed E-state index contributed by atoms with van der Waals surface area (Å²) in [6, 6.07) is 7.65. The van der Waals surface area contributed by atoms with Gasteiger partial charge in [-0.1, -0.05) is 17.7 Å². The Balaban J connectivity index is 2.56. The van der Waals surface area contributed by atoms with Crippen LogP contribution in [-0.2, 0) is 0 Å². The number of pyridine rings is 1. The molecule has 2 aromatic rings. The molecule has 2 nitrogen and oxygen atoms in total. The monoisotopic (exact) mass is 218 g/mol. The Kier molecular flexibility index (Phi) is 2.88. The maximum Gasteiger partial charge on any atom is 0.0948 e. The molecule has 0 radical (unpaired) electrons. The lowest BCUT2D eigenvalue weighted by Crippen LogP contribution is -1.99. The largest absolute Gasteiger partial charge is 0.380 e. The highest BCUT2D eigenvalue weighted by Gasteiger charge is 2.03. The van der Waals surface area contributed by atoms with Gasteiger partial charge in [0.05, 0.1) is 16.2 Å². The summed E-state index contributed by atoms with van der Waals surface area (Å²) in [4.78, 5) is 4.31. The van der Waals surface area contributed by atoms with Crippen LogP contribution in [0.15, 0.2) is 43.1 Å². The fourth-order valence-electron chi connectivity index (χ4n) is 1.46. The van der Waals surface area contributed by atoms with E-state index in [9.17, 15) is 0 Å². The van der Waals surface area contributed by atoms with Gasteiger partial charge in [0.15, 0.2) is 0 Å². The van der Waals surface area contributed by atoms with Crippen molar-refractivity contribution in [3.63, 3.8) is 0 Å². The van der Waals surface area contributed by atoms with E-state index in [0.29, 0.717) is 6.54 Å². The first kappa shape index (κ1) is 9.99. The highest BCUT2D eigenvalue weighted by molar-refractivity contribution is 6.35. The van der Waals surface area contributed by atoms with Gasteiger partial charge in [-0.05, 0) is 24.3 Å². The van der Waals surface area contributed by atoms with E-state index < -0.39 is 0 Å². The lowest BCUT2D eigenvalue weighted by Gasteiger charge is -2.07. The predicted molar refractivity (Wildman–Crippen MR) is 65.4 cm³/mol. The number of anilines is 1. The van der Waals surface area contributed by atoms with E-state index in [2.05, 4.69) is 16.9 Å². The summed E-state index contributed by atoms with van der Waals surface area (Å²) in [5.41, 5.74) is 1.88. The number of nitrogens with one attached hydrogen (secondary N) is 1. The third kappa shape index (κ3) is 1.95. The van der Waals surface area contributed by atoms with Gasteiger partial charge in [-0.25, -0.2) is 0 Å². The molecule has 0 atom stereocenters. The standard InChI is InChI=1S/C12H11ClN2/c1-2-7-14-11-6-5-10(13)9-4-3-8-15-12(9)11/h2-6,8,14H,1,7H2. The molecule has 0 aliphatic heterocycles. The zero-order valence-corrected chi connectivity index (χ0v) is 8.96. The van der Waals surface area contributed by atoms with Gasteiger partial charge in [0, 0.05) is 18.1 Å². The van der Waals surface area contributed by atoms with Crippen molar-refractivity contribution in [3.05, 3.63) is 48.1 Å². The Morgan fingerprint density at radius 2 is 2.27 bits per heavy atom. The van der Waals surface area contributed by atoms with Crippen LogP contribution in [0.2, 0.25) is 5.02 Å². The van der Waals surface area contributed by atoms with Gasteiger partial charge in [0.2, 0.25) is 0 Å². The van der Waals surface area contributed by atoms with E-state index in [0.717, 1.165) is 21.6 Å². The first-order valence-electron chi connectivity index (χ1n) is 4.71. The number of hydrogen-bond acceptors (Lipinski definition) is 2. The maximum atomic E-state index is 6.08. The molecule has 15 heavy (non-hydrogen) atoms. The molecule has 0 unspecified atom stereocenters. The number of aromatic nitrogens is 1. The molecule has 1 aromatic heterocycles. The van der Waals surface area contributed by atoms with Gasteiger partial charge >= 0.3 is 0 Å². The molecule has 0 spiro atoms. The first-order valence-corrected chi connectivity index (χ1v) is 5.08. The fraction of sp³-hybridized carbons (Fsp3) is 0.0833. The quantitative estimate of drug-likeness (QED) is 0.798. The third-order valence-corrected chi connectivity index (χ3v) is 2.48. The average Bonchev–Trinajstić information content (AvgIpc) is 2.29. The number of halogens is 1. The number of benzene rings is 1. The van der Waals surface area contributed by atoms with Gasteiger partial charge in [0.1, 0.15) is 0 Å². The van der Waals surface area contributed by atoms with Gasteiger partial charge in [-0.2, -0.15) is 0 Å². The molecule has 0 bridgehead atoms. The maximum absolute atomic E-state index is 6.08. The van der Waals surface area contributed by atoms with Crippen LogP contribution in [-0.4, -0.2) is 11.5 Å². The van der Waals surface area contributed by atoms with Crippen molar-refractivity contribution in [2.75, 3.05) is 11.9 Å². The Morgan fingerprint density at radius 3 is 3.07 bits per heavy atom. The Bertz CT molecular complexity index is 494. The Labute approximate surface area is 93.6 Å². The summed E-state index contributed by atoms with van der Waals surface area (Å²) in [7, 11) is 0. The van der Waals surface area contributed by atoms with Crippen molar-refractivity contribution >= 4 is 28.2 Å². The van der Waals surface area contributed by atoms with Crippen LogP contribution in [0.25, 0.3) is 10.9 Å². The van der Waals surface area contributed by atoms with Crippen molar-refractivity contribution in [1.82, 2.24) is 4.98 Å². The molecule has 1 aromatic carbocycles. The lowest BCUT2D eigenvalue weighted by atomic mass is 10.2. The molecule has 2 rings (SSSR count). The topological polar surface area (TPSA) is 24.9 Å². The second-order valence-electron chi connectivity index (χ2n) is 3.16. The van der Waals surface area contributed by atoms with Crippen LogP contribution in [0.5, 0.6) is 0 Å². The van der Waals surface area contributed by atoms with E-state index >= 15 is 0 Å². The summed E-state index contributed by atoms with van der Waals surface area (Å²) >= 11 is 6.08. The molecule has 3 heteroatoms. The second-order valence-corrected chi connectivity index (χ2v) is 3.57. The highest BCUT2D eigenvalue weighted by atomic mass is 35.5. The van der Waals surface area contributed by atoms with Crippen LogP contribution in [0, 0.1) is 0 Å². The van der Waals surface area contributed by atoms with Crippen molar-refractivity contribution in [2.45, 2.75) is 0 Å². The van der Waals surface area contributed by atoms with Crippen molar-refractivity contribution < 1.29 is 0 Å². The second kappa shape index (κ2) is 4.32. The smallest absolute Gasteiger partial charge is 0.0948 e. The molecule has 1 N–H and O–H groups in total. The Morgan fingerprint density at radius 1 is 1.40 bits per heavy atom. The van der Waals surface area contributed by atoms with E-state index in [1.54, 1.807) is 6.20 Å². The van der Waals surface area contributed by atoms with Gasteiger partial charge in [-0.3, -0.25) is 4.98 Å². The lowest BCUT2D eigenvalue weighted by molar-refractivity contribution is 1.33. The predicted octanol–water partition coefficient (Wildman–Crippen LogP) is 3.49. The fourth-order valence-corrected chi connectivity index (χ4v) is 1.68. The minimum Gasteiger partial charge on any atom is -0.380 e. The molecule has 0 fully saturated rings. The molecular formula is C12H11ClN2. The highest BCUT2D eigenvalue weighted by Crippen LogP contribution is 2.27. The molecule has 0 saturated heterocycles. The molecule has 0 saturated carbocycles. The van der Waals surface area contributed by atoms with Gasteiger partial charge in [0.25, 0.3) is 0 Å². The molecule has 76 valence electrons. The van der Waals surface area contributed by atoms with E-state index in [-0.39, 0.29) is 0 Å². The van der Waals surface area contributed by atoms with Crippen LogP contribution in [0.4, 0.5) is 5.69 Å². The van der Waals surface area contributed by atoms with Gasteiger partial charge < -0.3 is 5.32 Å². The molecule has 1 heterocycles. The van der Waals surface area contributed by atoms with E-state index in [4.69, 9.17) is 11.6 Å². The number of nitrogens with zero attached hydrogens (tertiary/aromatic N) is 1. The summed E-state index contributed by atoms with van der Waals surface area (Å²) in [6.07, 6.45) is 3.57. The van der Waals surface area contributed by atoms with Crippen molar-refractivity contribution in [3.8, 4) is 0 Å². The SMILES string of the molecule is C=CCNc1ccc(Cl)c2cccnc12. The summed E-state index contributed by atoms with van der Waals surface area (Å²) in [5, 5.41) is 4.92. The molecular weight excluding hydrogens is 208 g/mol. The third-order valence-electron chi connectivity index (χ3n) is 2.15. The minimum atomic E-state index is 0.716. The van der Waals surface area contributed by atoms with E-state index in [1.807, 2.05) is 30.3 Å². The number of hydrogen-bond donors (Lipinski definition) is 1. The van der Waals surface area contributed by atoms with Crippen LogP contribution in [0.3, 0.4) is 0 Å². The van der Waals surface area contributed by atoms with Crippen molar-refractivity contribution in [1.29, 1.82) is 0 Å². The zero-order chi connectivity index (χ0) is 10.7. The van der Waals surface area contributed by atoms with Crippen LogP contribution < -0.4 is 5.32 Å². The molecule has 0 aliphatic rings. The van der Waals surface area contributed by atoms with Crippen LogP contribution >= 0.6 is 11.6 Å². The zero-order valence-electron chi connectivity index (χ0n) is 8.20. The first-order chi connectivity index (χ1) is 7.33. The summed E-state index contributed by atoms with van der Waals surface area (Å²) in [6.45, 7) is 4.38. The minimum absolute atomic E-state index is 0.716. The number of fused-ring (bicyclic) bond motifs is 1. The van der Waals surface area contributed by atoms with Crippen LogP contribution in [0.1, 0.15) is 0 Å². The normalized spacial score (nSPS) is 10.2. The van der Waals surface area contributed by atoms with Crippen molar-refractivity contribution in [2.24, 2.45) is 0 Å². The van der Waals surface area contributed by atoms with E-state index in [1.165, 1.54) is 0 Å². The molecule has 0 aliphatic carbocycles. The molecule has 0 amide bonds. The number of rotatable bonds is 3. The summed E-state index contributed by atoms with van der Waals surface area (Å²) in [5.74, 6) is 0. The summed E-state index contributed by atoms with van der Waals surface area (Å²) < 4.78 is 0. The average molecular weight is 219 g/mol. The Hall–Kier alpha value is -1.54.